The van der Waals surface area contributed by atoms with Crippen LogP contribution in [0.25, 0.3) is 11.3 Å². The molecule has 2 heterocycles. The second kappa shape index (κ2) is 5.24. The summed E-state index contributed by atoms with van der Waals surface area (Å²) in [7, 11) is -3.31. The predicted molar refractivity (Wildman–Crippen MR) is 76.6 cm³/mol. The lowest BCUT2D eigenvalue weighted by molar-refractivity contribution is 0.595. The first-order chi connectivity index (χ1) is 9.62. The van der Waals surface area contributed by atoms with Gasteiger partial charge in [-0.15, -0.1) is 0 Å². The molecule has 0 atom stereocenters. The number of pyridine rings is 1. The number of aromatic nitrogens is 3. The van der Waals surface area contributed by atoms with Crippen molar-refractivity contribution in [2.45, 2.75) is 19.3 Å². The lowest BCUT2D eigenvalue weighted by Crippen LogP contribution is -2.17. The Morgan fingerprint density at radius 1 is 1.40 bits per heavy atom. The van der Waals surface area contributed by atoms with E-state index in [0.717, 1.165) is 30.5 Å². The summed E-state index contributed by atoms with van der Waals surface area (Å²) < 4.78 is 26.3. The molecule has 0 bridgehead atoms. The Balaban J connectivity index is 1.67. The van der Waals surface area contributed by atoms with Crippen LogP contribution in [-0.4, -0.2) is 29.4 Å². The molecule has 0 aromatic carbocycles. The molecule has 2 aromatic rings. The maximum Gasteiger partial charge on any atom is 0.233 e. The Hall–Kier alpha value is -1.89. The molecule has 0 amide bonds. The molecule has 0 spiro atoms. The molecule has 2 aromatic heterocycles. The maximum absolute atomic E-state index is 11.9. The third kappa shape index (κ3) is 3.36. The van der Waals surface area contributed by atoms with E-state index in [1.54, 1.807) is 18.5 Å². The van der Waals surface area contributed by atoms with Crippen molar-refractivity contribution >= 4 is 15.8 Å². The van der Waals surface area contributed by atoms with E-state index >= 15 is 0 Å². The summed E-state index contributed by atoms with van der Waals surface area (Å²) in [5, 5.41) is 6.78. The van der Waals surface area contributed by atoms with Crippen molar-refractivity contribution < 1.29 is 8.42 Å². The molecule has 7 heteroatoms. The Kier molecular flexibility index (Phi) is 3.43. The van der Waals surface area contributed by atoms with Crippen LogP contribution in [-0.2, 0) is 10.0 Å². The number of anilines is 1. The Bertz CT molecular complexity index is 677. The number of hydrogen-bond acceptors (Lipinski definition) is 4. The van der Waals surface area contributed by atoms with E-state index in [1.165, 1.54) is 0 Å². The van der Waals surface area contributed by atoms with Gasteiger partial charge in [-0.1, -0.05) is 12.8 Å². The number of aromatic amines is 1. The fraction of sp³-hybridized carbons (Fsp3) is 0.385. The zero-order valence-corrected chi connectivity index (χ0v) is 11.7. The SMILES string of the molecule is O=S(=O)(CCC1CC1)Nc1cc(-c2cccnc2)[nH]n1. The minimum absolute atomic E-state index is 0.159. The van der Waals surface area contributed by atoms with Crippen molar-refractivity contribution in [1.29, 1.82) is 0 Å². The van der Waals surface area contributed by atoms with Crippen molar-refractivity contribution in [2.75, 3.05) is 10.5 Å². The molecular weight excluding hydrogens is 276 g/mol. The molecule has 0 unspecified atom stereocenters. The van der Waals surface area contributed by atoms with Gasteiger partial charge in [0, 0.05) is 24.0 Å². The van der Waals surface area contributed by atoms with Crippen LogP contribution in [0.3, 0.4) is 0 Å². The summed E-state index contributed by atoms with van der Waals surface area (Å²) in [5.74, 6) is 1.07. The van der Waals surface area contributed by atoms with Gasteiger partial charge in [0.2, 0.25) is 10.0 Å². The topological polar surface area (TPSA) is 87.7 Å². The van der Waals surface area contributed by atoms with Crippen molar-refractivity contribution in [3.63, 3.8) is 0 Å². The Morgan fingerprint density at radius 3 is 2.95 bits per heavy atom. The summed E-state index contributed by atoms with van der Waals surface area (Å²) in [5.41, 5.74) is 1.60. The van der Waals surface area contributed by atoms with Gasteiger partial charge in [-0.3, -0.25) is 14.8 Å². The van der Waals surface area contributed by atoms with Gasteiger partial charge in [0.15, 0.2) is 5.82 Å². The smallest absolute Gasteiger partial charge is 0.233 e. The number of sulfonamides is 1. The summed E-state index contributed by atoms with van der Waals surface area (Å²) in [4.78, 5) is 4.01. The molecule has 0 radical (unpaired) electrons. The normalized spacial score (nSPS) is 15.2. The molecular formula is C13H16N4O2S. The van der Waals surface area contributed by atoms with Gasteiger partial charge in [-0.05, 0) is 24.5 Å². The Morgan fingerprint density at radius 2 is 2.25 bits per heavy atom. The van der Waals surface area contributed by atoms with E-state index in [0.29, 0.717) is 11.7 Å². The van der Waals surface area contributed by atoms with Gasteiger partial charge in [0.25, 0.3) is 0 Å². The molecule has 20 heavy (non-hydrogen) atoms. The van der Waals surface area contributed by atoms with Gasteiger partial charge < -0.3 is 0 Å². The summed E-state index contributed by atoms with van der Waals surface area (Å²) >= 11 is 0. The third-order valence-corrected chi connectivity index (χ3v) is 4.60. The van der Waals surface area contributed by atoms with Crippen LogP contribution in [0.15, 0.2) is 30.6 Å². The van der Waals surface area contributed by atoms with Crippen LogP contribution in [0.1, 0.15) is 19.3 Å². The highest BCUT2D eigenvalue weighted by Gasteiger charge is 2.24. The summed E-state index contributed by atoms with van der Waals surface area (Å²) in [6.07, 6.45) is 6.42. The highest BCUT2D eigenvalue weighted by molar-refractivity contribution is 7.92. The average Bonchev–Trinajstić information content (AvgIpc) is 3.17. The van der Waals surface area contributed by atoms with Gasteiger partial charge in [-0.25, -0.2) is 8.42 Å². The monoisotopic (exact) mass is 292 g/mol. The second-order valence-electron chi connectivity index (χ2n) is 5.06. The molecule has 3 rings (SSSR count). The summed E-state index contributed by atoms with van der Waals surface area (Å²) in [6, 6.07) is 5.37. The van der Waals surface area contributed by atoms with Crippen LogP contribution in [0.5, 0.6) is 0 Å². The van der Waals surface area contributed by atoms with Gasteiger partial charge >= 0.3 is 0 Å². The fourth-order valence-corrected chi connectivity index (χ4v) is 3.15. The predicted octanol–water partition coefficient (Wildman–Crippen LogP) is 2.01. The number of hydrogen-bond donors (Lipinski definition) is 2. The standard InChI is InChI=1S/C13H16N4O2S/c18-20(19,7-5-10-3-4-10)17-13-8-12(15-16-13)11-2-1-6-14-9-11/h1-2,6,8-10H,3-5,7H2,(H2,15,16,17). The lowest BCUT2D eigenvalue weighted by atomic mass is 10.2. The molecule has 6 nitrogen and oxygen atoms in total. The van der Waals surface area contributed by atoms with E-state index in [9.17, 15) is 8.42 Å². The van der Waals surface area contributed by atoms with E-state index in [1.807, 2.05) is 12.1 Å². The zero-order valence-electron chi connectivity index (χ0n) is 10.9. The van der Waals surface area contributed by atoms with E-state index in [4.69, 9.17) is 0 Å². The zero-order chi connectivity index (χ0) is 14.0. The molecule has 1 aliphatic carbocycles. The number of nitrogens with zero attached hydrogens (tertiary/aromatic N) is 2. The fourth-order valence-electron chi connectivity index (χ4n) is 1.98. The maximum atomic E-state index is 11.9. The minimum atomic E-state index is -3.31. The van der Waals surface area contributed by atoms with Crippen molar-refractivity contribution in [2.24, 2.45) is 5.92 Å². The Labute approximate surface area is 117 Å². The quantitative estimate of drug-likeness (QED) is 0.852. The van der Waals surface area contributed by atoms with Crippen LogP contribution < -0.4 is 4.72 Å². The molecule has 1 aliphatic rings. The van der Waals surface area contributed by atoms with Gasteiger partial charge in [-0.2, -0.15) is 5.10 Å². The first-order valence-electron chi connectivity index (χ1n) is 6.59. The molecule has 0 saturated heterocycles. The van der Waals surface area contributed by atoms with Crippen LogP contribution in [0.4, 0.5) is 5.82 Å². The molecule has 0 aliphatic heterocycles. The van der Waals surface area contributed by atoms with Crippen molar-refractivity contribution in [3.8, 4) is 11.3 Å². The van der Waals surface area contributed by atoms with Crippen LogP contribution >= 0.6 is 0 Å². The number of rotatable bonds is 6. The summed E-state index contributed by atoms with van der Waals surface area (Å²) in [6.45, 7) is 0. The van der Waals surface area contributed by atoms with Crippen LogP contribution in [0.2, 0.25) is 0 Å². The lowest BCUT2D eigenvalue weighted by Gasteiger charge is -2.03. The average molecular weight is 292 g/mol. The van der Waals surface area contributed by atoms with Crippen molar-refractivity contribution in [1.82, 2.24) is 15.2 Å². The molecule has 106 valence electrons. The van der Waals surface area contributed by atoms with Gasteiger partial charge in [0.1, 0.15) is 0 Å². The van der Waals surface area contributed by atoms with E-state index < -0.39 is 10.0 Å². The first-order valence-corrected chi connectivity index (χ1v) is 8.24. The van der Waals surface area contributed by atoms with Gasteiger partial charge in [0.05, 0.1) is 11.4 Å². The first kappa shape index (κ1) is 13.1. The van der Waals surface area contributed by atoms with Crippen molar-refractivity contribution in [3.05, 3.63) is 30.6 Å². The highest BCUT2D eigenvalue weighted by atomic mass is 32.2. The highest BCUT2D eigenvalue weighted by Crippen LogP contribution is 2.32. The molecule has 1 saturated carbocycles. The third-order valence-electron chi connectivity index (χ3n) is 3.30. The molecule has 1 fully saturated rings. The largest absolute Gasteiger partial charge is 0.276 e. The molecule has 2 N–H and O–H groups in total. The van der Waals surface area contributed by atoms with E-state index in [2.05, 4.69) is 19.9 Å². The number of nitrogens with one attached hydrogen (secondary N) is 2. The van der Waals surface area contributed by atoms with E-state index in [-0.39, 0.29) is 5.75 Å². The minimum Gasteiger partial charge on any atom is -0.276 e. The van der Waals surface area contributed by atoms with Crippen LogP contribution in [0, 0.1) is 5.92 Å². The number of H-pyrrole nitrogens is 1. The second-order valence-corrected chi connectivity index (χ2v) is 6.90.